The number of rotatable bonds is 2. The molecule has 18 heavy (non-hydrogen) atoms. The summed E-state index contributed by atoms with van der Waals surface area (Å²) in [5.41, 5.74) is 3.39. The Morgan fingerprint density at radius 2 is 1.89 bits per heavy atom. The lowest BCUT2D eigenvalue weighted by Gasteiger charge is -2.41. The lowest BCUT2D eigenvalue weighted by Crippen LogP contribution is -2.52. The van der Waals surface area contributed by atoms with Gasteiger partial charge in [-0.15, -0.1) is 0 Å². The van der Waals surface area contributed by atoms with Crippen molar-refractivity contribution in [3.05, 3.63) is 34.9 Å². The second-order valence-electron chi connectivity index (χ2n) is 6.41. The first-order valence-electron chi connectivity index (χ1n) is 6.48. The van der Waals surface area contributed by atoms with Gasteiger partial charge in [-0.25, -0.2) is 0 Å². The third-order valence-electron chi connectivity index (χ3n) is 3.98. The Bertz CT molecular complexity index is 476. The van der Waals surface area contributed by atoms with Crippen molar-refractivity contribution in [2.45, 2.75) is 45.4 Å². The summed E-state index contributed by atoms with van der Waals surface area (Å²) in [6, 6.07) is 6.46. The highest BCUT2D eigenvalue weighted by atomic mass is 16.5. The molecule has 0 unspecified atom stereocenters. The number of hydrogen-bond donors (Lipinski definition) is 0. The molecule has 0 atom stereocenters. The molecule has 1 aromatic carbocycles. The van der Waals surface area contributed by atoms with E-state index in [0.29, 0.717) is 13.2 Å². The molecule has 0 aliphatic carbocycles. The number of carbonyl (C=O) groups excluding carboxylic acids is 1. The Kier molecular flexibility index (Phi) is 3.10. The molecule has 2 rings (SSSR count). The van der Waals surface area contributed by atoms with Crippen LogP contribution in [-0.2, 0) is 20.4 Å². The summed E-state index contributed by atoms with van der Waals surface area (Å²) in [5.74, 6) is 0.209. The van der Waals surface area contributed by atoms with E-state index in [4.69, 9.17) is 4.74 Å². The van der Waals surface area contributed by atoms with E-state index in [2.05, 4.69) is 45.9 Å². The molecule has 98 valence electrons. The van der Waals surface area contributed by atoms with Crippen LogP contribution in [0.5, 0.6) is 0 Å². The highest BCUT2D eigenvalue weighted by Gasteiger charge is 2.45. The fourth-order valence-corrected chi connectivity index (χ4v) is 2.52. The van der Waals surface area contributed by atoms with Gasteiger partial charge >= 0.3 is 0 Å². The van der Waals surface area contributed by atoms with Crippen molar-refractivity contribution in [2.24, 2.45) is 0 Å². The van der Waals surface area contributed by atoms with Gasteiger partial charge in [0.15, 0.2) is 0 Å². The summed E-state index contributed by atoms with van der Waals surface area (Å²) in [6.45, 7) is 11.4. The van der Waals surface area contributed by atoms with Crippen molar-refractivity contribution in [1.82, 2.24) is 0 Å². The first-order chi connectivity index (χ1) is 8.27. The molecule has 1 aliphatic rings. The first-order valence-corrected chi connectivity index (χ1v) is 6.48. The van der Waals surface area contributed by atoms with Crippen LogP contribution in [0.1, 0.15) is 44.4 Å². The van der Waals surface area contributed by atoms with E-state index < -0.39 is 0 Å². The Morgan fingerprint density at radius 3 is 2.22 bits per heavy atom. The van der Waals surface area contributed by atoms with Crippen molar-refractivity contribution in [2.75, 3.05) is 13.2 Å². The molecule has 1 aromatic rings. The van der Waals surface area contributed by atoms with Gasteiger partial charge < -0.3 is 4.74 Å². The monoisotopic (exact) mass is 246 g/mol. The van der Waals surface area contributed by atoms with Crippen molar-refractivity contribution in [3.63, 3.8) is 0 Å². The van der Waals surface area contributed by atoms with Crippen LogP contribution in [-0.4, -0.2) is 19.0 Å². The number of hydrogen-bond acceptors (Lipinski definition) is 2. The van der Waals surface area contributed by atoms with Crippen molar-refractivity contribution >= 4 is 5.78 Å². The van der Waals surface area contributed by atoms with E-state index >= 15 is 0 Å². The lowest BCUT2D eigenvalue weighted by molar-refractivity contribution is -0.140. The predicted octanol–water partition coefficient (Wildman–Crippen LogP) is 3.15. The van der Waals surface area contributed by atoms with Crippen LogP contribution in [0.25, 0.3) is 0 Å². The molecule has 1 heterocycles. The van der Waals surface area contributed by atoms with Crippen LogP contribution in [0.3, 0.4) is 0 Å². The van der Waals surface area contributed by atoms with E-state index in [-0.39, 0.29) is 16.6 Å². The second-order valence-corrected chi connectivity index (χ2v) is 6.41. The standard InChI is InChI=1S/C16H22O2/c1-11-8-13(15(3,4)5)6-7-14(11)16(12(2)17)9-18-10-16/h6-8H,9-10H2,1-5H3. The zero-order chi connectivity index (χ0) is 13.6. The molecule has 0 amide bonds. The number of carbonyl (C=O) groups is 1. The van der Waals surface area contributed by atoms with E-state index in [0.717, 1.165) is 5.56 Å². The van der Waals surface area contributed by atoms with Crippen LogP contribution in [0.15, 0.2) is 18.2 Å². The number of Topliss-reactive ketones (excluding diaryl/α,β-unsaturated/α-hetero) is 1. The molecule has 0 N–H and O–H groups in total. The van der Waals surface area contributed by atoms with E-state index in [9.17, 15) is 4.79 Å². The maximum atomic E-state index is 11.9. The van der Waals surface area contributed by atoms with Crippen LogP contribution in [0, 0.1) is 6.92 Å². The highest BCUT2D eigenvalue weighted by molar-refractivity contribution is 5.89. The van der Waals surface area contributed by atoms with Crippen LogP contribution < -0.4 is 0 Å². The molecule has 1 aliphatic heterocycles. The fourth-order valence-electron chi connectivity index (χ4n) is 2.52. The van der Waals surface area contributed by atoms with E-state index in [1.165, 1.54) is 11.1 Å². The third kappa shape index (κ3) is 1.99. The largest absolute Gasteiger partial charge is 0.378 e. The zero-order valence-corrected chi connectivity index (χ0v) is 12.0. The third-order valence-corrected chi connectivity index (χ3v) is 3.98. The fraction of sp³-hybridized carbons (Fsp3) is 0.562. The minimum Gasteiger partial charge on any atom is -0.378 e. The SMILES string of the molecule is CC(=O)C1(c2ccc(C(C)(C)C)cc2C)COC1. The van der Waals surface area contributed by atoms with E-state index in [1.807, 2.05) is 0 Å². The summed E-state index contributed by atoms with van der Waals surface area (Å²) in [7, 11) is 0. The molecule has 1 saturated heterocycles. The Morgan fingerprint density at radius 1 is 1.28 bits per heavy atom. The average molecular weight is 246 g/mol. The first kappa shape index (κ1) is 13.3. The lowest BCUT2D eigenvalue weighted by atomic mass is 9.72. The Balaban J connectivity index is 2.45. The van der Waals surface area contributed by atoms with Crippen molar-refractivity contribution in [1.29, 1.82) is 0 Å². The number of ether oxygens (including phenoxy) is 1. The topological polar surface area (TPSA) is 26.3 Å². The number of ketones is 1. The maximum absolute atomic E-state index is 11.9. The van der Waals surface area contributed by atoms with Gasteiger partial charge in [-0.1, -0.05) is 39.0 Å². The molecule has 0 radical (unpaired) electrons. The predicted molar refractivity (Wildman–Crippen MR) is 73.1 cm³/mol. The van der Waals surface area contributed by atoms with Gasteiger partial charge in [-0.2, -0.15) is 0 Å². The van der Waals surface area contributed by atoms with E-state index in [1.54, 1.807) is 6.92 Å². The minimum absolute atomic E-state index is 0.142. The van der Waals surface area contributed by atoms with Gasteiger partial charge in [0.1, 0.15) is 11.2 Å². The molecule has 0 spiro atoms. The molecule has 0 saturated carbocycles. The van der Waals surface area contributed by atoms with Crippen LogP contribution in [0.2, 0.25) is 0 Å². The molecule has 2 nitrogen and oxygen atoms in total. The Hall–Kier alpha value is -1.15. The van der Waals surface area contributed by atoms with Gasteiger partial charge in [0, 0.05) is 0 Å². The molecule has 1 fully saturated rings. The molecular weight excluding hydrogens is 224 g/mol. The molecule has 0 bridgehead atoms. The molecular formula is C16H22O2. The molecule has 2 heteroatoms. The zero-order valence-electron chi connectivity index (χ0n) is 12.0. The summed E-state index contributed by atoms with van der Waals surface area (Å²) in [6.07, 6.45) is 0. The highest BCUT2D eigenvalue weighted by Crippen LogP contribution is 2.37. The number of benzene rings is 1. The van der Waals surface area contributed by atoms with Gasteiger partial charge in [0.05, 0.1) is 13.2 Å². The smallest absolute Gasteiger partial charge is 0.145 e. The van der Waals surface area contributed by atoms with Crippen LogP contribution in [0.4, 0.5) is 0 Å². The van der Waals surface area contributed by atoms with Crippen molar-refractivity contribution < 1.29 is 9.53 Å². The van der Waals surface area contributed by atoms with Crippen molar-refractivity contribution in [3.8, 4) is 0 Å². The molecule has 0 aromatic heterocycles. The average Bonchev–Trinajstić information content (AvgIpc) is 2.16. The number of aryl methyl sites for hydroxylation is 1. The minimum atomic E-state index is -0.388. The maximum Gasteiger partial charge on any atom is 0.145 e. The summed E-state index contributed by atoms with van der Waals surface area (Å²) in [4.78, 5) is 11.9. The summed E-state index contributed by atoms with van der Waals surface area (Å²) < 4.78 is 5.29. The second kappa shape index (κ2) is 4.20. The van der Waals surface area contributed by atoms with Crippen LogP contribution >= 0.6 is 0 Å². The van der Waals surface area contributed by atoms with Gasteiger partial charge in [-0.3, -0.25) is 4.79 Å². The summed E-state index contributed by atoms with van der Waals surface area (Å²) in [5, 5.41) is 0. The summed E-state index contributed by atoms with van der Waals surface area (Å²) >= 11 is 0. The van der Waals surface area contributed by atoms with Gasteiger partial charge in [0.25, 0.3) is 0 Å². The quantitative estimate of drug-likeness (QED) is 0.801. The van der Waals surface area contributed by atoms with Gasteiger partial charge in [0.2, 0.25) is 0 Å². The van der Waals surface area contributed by atoms with Gasteiger partial charge in [-0.05, 0) is 36.0 Å². The normalized spacial score (nSPS) is 18.3. The Labute approximate surface area is 109 Å².